The monoisotopic (exact) mass is 260 g/mol. The van der Waals surface area contributed by atoms with Gasteiger partial charge in [0.1, 0.15) is 25.2 Å². The fraction of sp³-hybridized carbons (Fsp3) is 0.636. The van der Waals surface area contributed by atoms with Gasteiger partial charge in [0.25, 0.3) is 5.56 Å². The Kier molecular flexibility index (Phi) is 3.60. The standard InChI is InChI=1S/C11H14F2N2O3/c1-2-6-5-15(11(17)14-10(6)16)9-3-7(13)8(4-12)18-9/h5,7-9H,2-4H2,1H3,(H,14,16,17)/t7?,8-,9-/m0/s1. The van der Waals surface area contributed by atoms with E-state index in [2.05, 4.69) is 4.98 Å². The van der Waals surface area contributed by atoms with Crippen molar-refractivity contribution in [2.45, 2.75) is 38.3 Å². The van der Waals surface area contributed by atoms with Crippen molar-refractivity contribution in [3.63, 3.8) is 0 Å². The van der Waals surface area contributed by atoms with Crippen LogP contribution in [0.1, 0.15) is 25.1 Å². The van der Waals surface area contributed by atoms with Crippen LogP contribution in [0, 0.1) is 0 Å². The number of H-pyrrole nitrogens is 1. The average molecular weight is 260 g/mol. The molecular weight excluding hydrogens is 246 g/mol. The van der Waals surface area contributed by atoms with Crippen LogP contribution in [0.4, 0.5) is 8.78 Å². The highest BCUT2D eigenvalue weighted by molar-refractivity contribution is 5.04. The summed E-state index contributed by atoms with van der Waals surface area (Å²) in [5.74, 6) is 0. The number of nitrogens with zero attached hydrogens (tertiary/aromatic N) is 1. The summed E-state index contributed by atoms with van der Waals surface area (Å²) in [5.41, 5.74) is -0.734. The first-order valence-corrected chi connectivity index (χ1v) is 5.76. The van der Waals surface area contributed by atoms with Gasteiger partial charge in [0.15, 0.2) is 0 Å². The highest BCUT2D eigenvalue weighted by Crippen LogP contribution is 2.29. The van der Waals surface area contributed by atoms with E-state index < -0.39 is 36.4 Å². The van der Waals surface area contributed by atoms with E-state index in [0.717, 1.165) is 4.57 Å². The molecule has 1 aliphatic rings. The molecule has 0 radical (unpaired) electrons. The normalized spacial score (nSPS) is 27.6. The number of aryl methyl sites for hydroxylation is 1. The molecule has 1 aliphatic heterocycles. The Bertz CT molecular complexity index is 540. The molecule has 1 aromatic rings. The molecule has 5 nitrogen and oxygen atoms in total. The number of hydrogen-bond acceptors (Lipinski definition) is 3. The lowest BCUT2D eigenvalue weighted by atomic mass is 10.2. The zero-order valence-corrected chi connectivity index (χ0v) is 9.86. The number of nitrogens with one attached hydrogen (secondary N) is 1. The van der Waals surface area contributed by atoms with Crippen LogP contribution < -0.4 is 11.2 Å². The largest absolute Gasteiger partial charge is 0.349 e. The first-order chi connectivity index (χ1) is 8.56. The molecule has 1 aromatic heterocycles. The summed E-state index contributed by atoms with van der Waals surface area (Å²) in [6.07, 6.45) is -1.75. The Balaban J connectivity index is 2.35. The zero-order chi connectivity index (χ0) is 13.3. The number of halogens is 2. The van der Waals surface area contributed by atoms with Gasteiger partial charge in [0.05, 0.1) is 0 Å². The first kappa shape index (κ1) is 12.9. The maximum absolute atomic E-state index is 13.4. The Hall–Kier alpha value is -1.50. The van der Waals surface area contributed by atoms with Crippen molar-refractivity contribution in [2.75, 3.05) is 6.67 Å². The van der Waals surface area contributed by atoms with Gasteiger partial charge in [-0.15, -0.1) is 0 Å². The molecule has 18 heavy (non-hydrogen) atoms. The zero-order valence-electron chi connectivity index (χ0n) is 9.86. The molecule has 0 saturated carbocycles. The van der Waals surface area contributed by atoms with Crippen molar-refractivity contribution < 1.29 is 13.5 Å². The van der Waals surface area contributed by atoms with Crippen molar-refractivity contribution in [1.29, 1.82) is 0 Å². The van der Waals surface area contributed by atoms with Crippen LogP contribution >= 0.6 is 0 Å². The molecule has 1 fully saturated rings. The lowest BCUT2D eigenvalue weighted by Gasteiger charge is -2.14. The molecule has 7 heteroatoms. The number of ether oxygens (including phenoxy) is 1. The Morgan fingerprint density at radius 2 is 2.28 bits per heavy atom. The van der Waals surface area contributed by atoms with Crippen molar-refractivity contribution in [1.82, 2.24) is 9.55 Å². The van der Waals surface area contributed by atoms with Gasteiger partial charge >= 0.3 is 5.69 Å². The minimum Gasteiger partial charge on any atom is -0.349 e. The van der Waals surface area contributed by atoms with Crippen molar-refractivity contribution in [3.05, 3.63) is 32.6 Å². The van der Waals surface area contributed by atoms with Crippen molar-refractivity contribution >= 4 is 0 Å². The molecule has 2 rings (SSSR count). The van der Waals surface area contributed by atoms with Crippen LogP contribution in [-0.4, -0.2) is 28.5 Å². The summed E-state index contributed by atoms with van der Waals surface area (Å²) in [4.78, 5) is 25.1. The fourth-order valence-electron chi connectivity index (χ4n) is 1.99. The van der Waals surface area contributed by atoms with Gasteiger partial charge in [-0.3, -0.25) is 14.3 Å². The summed E-state index contributed by atoms with van der Waals surface area (Å²) < 4.78 is 32.0. The Morgan fingerprint density at radius 1 is 1.56 bits per heavy atom. The van der Waals surface area contributed by atoms with E-state index in [9.17, 15) is 18.4 Å². The smallest absolute Gasteiger partial charge is 0.330 e. The number of aromatic nitrogens is 2. The van der Waals surface area contributed by atoms with Crippen LogP contribution in [0.3, 0.4) is 0 Å². The highest BCUT2D eigenvalue weighted by Gasteiger charge is 2.36. The summed E-state index contributed by atoms with van der Waals surface area (Å²) in [6.45, 7) is 0.827. The summed E-state index contributed by atoms with van der Waals surface area (Å²) in [5, 5.41) is 0. The predicted molar refractivity (Wildman–Crippen MR) is 60.1 cm³/mol. The number of hydrogen-bond donors (Lipinski definition) is 1. The van der Waals surface area contributed by atoms with Crippen LogP contribution in [0.15, 0.2) is 15.8 Å². The van der Waals surface area contributed by atoms with Crippen molar-refractivity contribution in [2.24, 2.45) is 0 Å². The second-order valence-corrected chi connectivity index (χ2v) is 4.21. The highest BCUT2D eigenvalue weighted by atomic mass is 19.1. The average Bonchev–Trinajstić information content (AvgIpc) is 2.70. The second-order valence-electron chi connectivity index (χ2n) is 4.21. The van der Waals surface area contributed by atoms with Crippen molar-refractivity contribution in [3.8, 4) is 0 Å². The maximum Gasteiger partial charge on any atom is 0.330 e. The van der Waals surface area contributed by atoms with Gasteiger partial charge in [-0.2, -0.15) is 0 Å². The van der Waals surface area contributed by atoms with E-state index >= 15 is 0 Å². The topological polar surface area (TPSA) is 64.1 Å². The molecule has 1 saturated heterocycles. The van der Waals surface area contributed by atoms with Gasteiger partial charge < -0.3 is 4.74 Å². The molecule has 3 atom stereocenters. The lowest BCUT2D eigenvalue weighted by Crippen LogP contribution is -2.34. The van der Waals surface area contributed by atoms with E-state index in [1.54, 1.807) is 6.92 Å². The minimum absolute atomic E-state index is 0.0936. The first-order valence-electron chi connectivity index (χ1n) is 5.76. The molecular formula is C11H14F2N2O3. The van der Waals surface area contributed by atoms with Gasteiger partial charge in [-0.25, -0.2) is 13.6 Å². The molecule has 2 heterocycles. The van der Waals surface area contributed by atoms with E-state index in [1.165, 1.54) is 6.20 Å². The molecule has 0 aliphatic carbocycles. The Morgan fingerprint density at radius 3 is 2.83 bits per heavy atom. The SMILES string of the molecule is CCc1cn([C@@H]2CC(F)[C@H](CF)O2)c(=O)[nH]c1=O. The summed E-state index contributed by atoms with van der Waals surface area (Å²) >= 11 is 0. The van der Waals surface area contributed by atoms with E-state index in [1.807, 2.05) is 0 Å². The van der Waals surface area contributed by atoms with Gasteiger partial charge in [0, 0.05) is 18.2 Å². The maximum atomic E-state index is 13.4. The van der Waals surface area contributed by atoms with Crippen LogP contribution in [-0.2, 0) is 11.2 Å². The Labute approximate surface area is 101 Å². The molecule has 0 aromatic carbocycles. The quantitative estimate of drug-likeness (QED) is 0.869. The number of alkyl halides is 2. The molecule has 1 unspecified atom stereocenters. The van der Waals surface area contributed by atoms with E-state index in [0.29, 0.717) is 12.0 Å². The van der Waals surface area contributed by atoms with Crippen LogP contribution in [0.2, 0.25) is 0 Å². The molecule has 0 spiro atoms. The lowest BCUT2D eigenvalue weighted by molar-refractivity contribution is -0.0209. The number of rotatable bonds is 3. The molecule has 1 N–H and O–H groups in total. The predicted octanol–water partition coefficient (Wildman–Crippen LogP) is 0.694. The second kappa shape index (κ2) is 5.01. The van der Waals surface area contributed by atoms with E-state index in [-0.39, 0.29) is 6.42 Å². The van der Waals surface area contributed by atoms with Crippen LogP contribution in [0.25, 0.3) is 0 Å². The third-order valence-electron chi connectivity index (χ3n) is 3.05. The minimum atomic E-state index is -1.44. The molecule has 100 valence electrons. The summed E-state index contributed by atoms with van der Waals surface area (Å²) in [7, 11) is 0. The summed E-state index contributed by atoms with van der Waals surface area (Å²) in [6, 6.07) is 0. The van der Waals surface area contributed by atoms with E-state index in [4.69, 9.17) is 4.74 Å². The van der Waals surface area contributed by atoms with Gasteiger partial charge in [0.2, 0.25) is 0 Å². The number of aromatic amines is 1. The molecule has 0 amide bonds. The fourth-order valence-corrected chi connectivity index (χ4v) is 1.99. The third-order valence-corrected chi connectivity index (χ3v) is 3.05. The third kappa shape index (κ3) is 2.22. The van der Waals surface area contributed by atoms with Gasteiger partial charge in [-0.1, -0.05) is 6.92 Å². The molecule has 0 bridgehead atoms. The van der Waals surface area contributed by atoms with Gasteiger partial charge in [-0.05, 0) is 6.42 Å². The van der Waals surface area contributed by atoms with Crippen LogP contribution in [0.5, 0.6) is 0 Å².